The van der Waals surface area contributed by atoms with E-state index in [2.05, 4.69) is 22.2 Å². The highest BCUT2D eigenvalue weighted by Gasteiger charge is 2.22. The molecule has 0 bridgehead atoms. The van der Waals surface area contributed by atoms with Gasteiger partial charge in [-0.05, 0) is 36.5 Å². The molecule has 1 aliphatic rings. The molecule has 6 heteroatoms. The molecule has 1 heterocycles. The first-order chi connectivity index (χ1) is 11.6. The summed E-state index contributed by atoms with van der Waals surface area (Å²) in [6.45, 7) is 2.22. The lowest BCUT2D eigenvalue weighted by Gasteiger charge is -2.29. The maximum atomic E-state index is 12.2. The minimum absolute atomic E-state index is 0.0863. The molecule has 0 unspecified atom stereocenters. The number of aromatic amines is 1. The van der Waals surface area contributed by atoms with E-state index in [1.165, 1.54) is 31.0 Å². The highest BCUT2D eigenvalue weighted by atomic mass is 35.5. The molecule has 0 radical (unpaired) electrons. The van der Waals surface area contributed by atoms with Crippen LogP contribution in [0.2, 0.25) is 5.02 Å². The van der Waals surface area contributed by atoms with Crippen molar-refractivity contribution in [2.24, 2.45) is 5.92 Å². The first-order valence-corrected chi connectivity index (χ1v) is 9.71. The van der Waals surface area contributed by atoms with Gasteiger partial charge in [0.1, 0.15) is 0 Å². The molecular weight excluding hydrogens is 342 g/mol. The number of aromatic nitrogens is 2. The molecule has 2 N–H and O–H groups in total. The highest BCUT2D eigenvalue weighted by molar-refractivity contribution is 7.99. The van der Waals surface area contributed by atoms with Gasteiger partial charge in [0.15, 0.2) is 5.16 Å². The van der Waals surface area contributed by atoms with Gasteiger partial charge in [-0.3, -0.25) is 4.79 Å². The molecule has 1 saturated carbocycles. The van der Waals surface area contributed by atoms with Crippen LogP contribution in [-0.4, -0.2) is 27.7 Å². The van der Waals surface area contributed by atoms with Crippen molar-refractivity contribution >= 4 is 29.3 Å². The summed E-state index contributed by atoms with van der Waals surface area (Å²) < 4.78 is 0. The topological polar surface area (TPSA) is 57.8 Å². The third-order valence-corrected chi connectivity index (χ3v) is 5.64. The van der Waals surface area contributed by atoms with Crippen molar-refractivity contribution < 1.29 is 4.79 Å². The number of amides is 1. The predicted octanol–water partition coefficient (Wildman–Crippen LogP) is 4.52. The molecule has 1 aliphatic carbocycles. The summed E-state index contributed by atoms with van der Waals surface area (Å²) in [5, 5.41) is 4.63. The van der Waals surface area contributed by atoms with Crippen LogP contribution < -0.4 is 5.32 Å². The number of benzene rings is 1. The van der Waals surface area contributed by atoms with Crippen molar-refractivity contribution in [3.05, 3.63) is 35.5 Å². The third-order valence-electron chi connectivity index (χ3n) is 4.51. The molecule has 1 aromatic heterocycles. The van der Waals surface area contributed by atoms with Crippen LogP contribution in [0, 0.1) is 5.92 Å². The monoisotopic (exact) mass is 363 g/mol. The van der Waals surface area contributed by atoms with Crippen LogP contribution in [0.15, 0.2) is 35.6 Å². The van der Waals surface area contributed by atoms with Gasteiger partial charge in [0.2, 0.25) is 5.91 Å². The van der Waals surface area contributed by atoms with Gasteiger partial charge in [0, 0.05) is 11.1 Å². The lowest BCUT2D eigenvalue weighted by atomic mass is 9.86. The van der Waals surface area contributed by atoms with Crippen LogP contribution in [0.4, 0.5) is 0 Å². The fraction of sp³-hybridized carbons (Fsp3) is 0.444. The first-order valence-electron chi connectivity index (χ1n) is 8.35. The predicted molar refractivity (Wildman–Crippen MR) is 99.3 cm³/mol. The summed E-state index contributed by atoms with van der Waals surface area (Å²) in [5.74, 6) is 1.05. The van der Waals surface area contributed by atoms with Crippen LogP contribution in [0.25, 0.3) is 11.3 Å². The molecule has 0 aliphatic heterocycles. The molecule has 1 aromatic carbocycles. The maximum Gasteiger partial charge on any atom is 0.230 e. The van der Waals surface area contributed by atoms with Gasteiger partial charge < -0.3 is 10.3 Å². The summed E-state index contributed by atoms with van der Waals surface area (Å²) in [6, 6.07) is 7.92. The van der Waals surface area contributed by atoms with Crippen molar-refractivity contribution in [3.8, 4) is 11.3 Å². The second kappa shape index (κ2) is 8.08. The molecule has 1 amide bonds. The molecule has 24 heavy (non-hydrogen) atoms. The second-order valence-corrected chi connectivity index (χ2v) is 7.73. The third kappa shape index (κ3) is 4.54. The van der Waals surface area contributed by atoms with Gasteiger partial charge >= 0.3 is 0 Å². The summed E-state index contributed by atoms with van der Waals surface area (Å²) >= 11 is 7.34. The Labute approximate surface area is 151 Å². The first kappa shape index (κ1) is 17.4. The van der Waals surface area contributed by atoms with Crippen LogP contribution in [0.1, 0.15) is 32.6 Å². The minimum atomic E-state index is 0.0863. The average molecular weight is 364 g/mol. The lowest BCUT2D eigenvalue weighted by molar-refractivity contribution is -0.119. The van der Waals surface area contributed by atoms with Crippen molar-refractivity contribution in [1.82, 2.24) is 15.3 Å². The van der Waals surface area contributed by atoms with Gasteiger partial charge in [-0.2, -0.15) is 0 Å². The van der Waals surface area contributed by atoms with Crippen LogP contribution >= 0.6 is 23.4 Å². The summed E-state index contributed by atoms with van der Waals surface area (Å²) in [7, 11) is 0. The van der Waals surface area contributed by atoms with Crippen LogP contribution in [0.5, 0.6) is 0 Å². The number of H-pyrrole nitrogens is 1. The zero-order valence-electron chi connectivity index (χ0n) is 13.7. The van der Waals surface area contributed by atoms with E-state index in [0.29, 0.717) is 22.7 Å². The Morgan fingerprint density at radius 3 is 2.83 bits per heavy atom. The number of hydrogen-bond acceptors (Lipinski definition) is 3. The zero-order valence-corrected chi connectivity index (χ0v) is 15.3. The van der Waals surface area contributed by atoms with E-state index in [-0.39, 0.29) is 5.91 Å². The fourth-order valence-electron chi connectivity index (χ4n) is 3.07. The van der Waals surface area contributed by atoms with E-state index in [4.69, 9.17) is 11.6 Å². The number of hydrogen-bond donors (Lipinski definition) is 2. The Morgan fingerprint density at radius 2 is 2.08 bits per heavy atom. The van der Waals surface area contributed by atoms with Gasteiger partial charge in [-0.1, -0.05) is 55.3 Å². The number of imidazole rings is 1. The molecular formula is C18H22ClN3OS. The van der Waals surface area contributed by atoms with Crippen molar-refractivity contribution in [3.63, 3.8) is 0 Å². The summed E-state index contributed by atoms with van der Waals surface area (Å²) in [4.78, 5) is 19.7. The molecule has 3 rings (SSSR count). The largest absolute Gasteiger partial charge is 0.352 e. The lowest BCUT2D eigenvalue weighted by Crippen LogP contribution is -2.41. The van der Waals surface area contributed by atoms with Crippen molar-refractivity contribution in [2.75, 3.05) is 5.75 Å². The second-order valence-electron chi connectivity index (χ2n) is 6.33. The number of nitrogens with one attached hydrogen (secondary N) is 2. The highest BCUT2D eigenvalue weighted by Crippen LogP contribution is 2.25. The Balaban J connectivity index is 1.51. The average Bonchev–Trinajstić information content (AvgIpc) is 3.05. The van der Waals surface area contributed by atoms with Gasteiger partial charge in [-0.25, -0.2) is 4.98 Å². The normalized spacial score (nSPS) is 20.8. The Hall–Kier alpha value is -1.46. The molecule has 1 fully saturated rings. The number of halogens is 1. The number of nitrogens with zero attached hydrogens (tertiary/aromatic N) is 1. The number of rotatable bonds is 5. The Kier molecular flexibility index (Phi) is 5.85. The summed E-state index contributed by atoms with van der Waals surface area (Å²) in [5.41, 5.74) is 1.95. The quantitative estimate of drug-likeness (QED) is 0.768. The molecule has 0 spiro atoms. The zero-order chi connectivity index (χ0) is 16.9. The van der Waals surface area contributed by atoms with E-state index < -0.39 is 0 Å². The van der Waals surface area contributed by atoms with Crippen LogP contribution in [-0.2, 0) is 4.79 Å². The maximum absolute atomic E-state index is 12.2. The molecule has 128 valence electrons. The van der Waals surface area contributed by atoms with Crippen LogP contribution in [0.3, 0.4) is 0 Å². The van der Waals surface area contributed by atoms with Crippen molar-refractivity contribution in [1.29, 1.82) is 0 Å². The van der Waals surface area contributed by atoms with E-state index in [1.807, 2.05) is 24.3 Å². The molecule has 0 saturated heterocycles. The Morgan fingerprint density at radius 1 is 1.33 bits per heavy atom. The number of carbonyl (C=O) groups excluding carboxylic acids is 1. The molecule has 2 atom stereocenters. The van der Waals surface area contributed by atoms with Gasteiger partial charge in [0.25, 0.3) is 0 Å². The molecule has 2 aromatic rings. The van der Waals surface area contributed by atoms with E-state index in [0.717, 1.165) is 22.8 Å². The van der Waals surface area contributed by atoms with E-state index in [9.17, 15) is 4.79 Å². The summed E-state index contributed by atoms with van der Waals surface area (Å²) in [6.07, 6.45) is 6.58. The minimum Gasteiger partial charge on any atom is -0.352 e. The van der Waals surface area contributed by atoms with Crippen molar-refractivity contribution in [2.45, 2.75) is 43.8 Å². The fourth-order valence-corrected chi connectivity index (χ4v) is 3.85. The van der Waals surface area contributed by atoms with E-state index >= 15 is 0 Å². The van der Waals surface area contributed by atoms with Gasteiger partial charge in [0.05, 0.1) is 17.6 Å². The smallest absolute Gasteiger partial charge is 0.230 e. The van der Waals surface area contributed by atoms with Gasteiger partial charge in [-0.15, -0.1) is 0 Å². The molecule has 4 nitrogen and oxygen atoms in total. The number of thioether (sulfide) groups is 1. The van der Waals surface area contributed by atoms with E-state index in [1.54, 1.807) is 6.20 Å². The standard InChI is InChI=1S/C18H22ClN3OS/c1-12-4-2-3-5-15(12)21-17(23)11-24-18-20-10-16(22-18)13-6-8-14(19)9-7-13/h6-10,12,15H,2-5,11H2,1H3,(H,20,22)(H,21,23)/t12-,15+/m0/s1. The SMILES string of the molecule is C[C@H]1CCCC[C@H]1NC(=O)CSc1ncc(-c2ccc(Cl)cc2)[nH]1. The Bertz CT molecular complexity index is 686. The number of carbonyl (C=O) groups is 1.